The Morgan fingerprint density at radius 2 is 1.71 bits per heavy atom. The van der Waals surface area contributed by atoms with E-state index in [-0.39, 0.29) is 17.6 Å². The van der Waals surface area contributed by atoms with Crippen molar-refractivity contribution < 1.29 is 20.1 Å². The first-order chi connectivity index (χ1) is 14.6. The summed E-state index contributed by atoms with van der Waals surface area (Å²) in [6.07, 6.45) is 12.1. The van der Waals surface area contributed by atoms with E-state index in [1.807, 2.05) is 6.08 Å². The fourth-order valence-corrected chi connectivity index (χ4v) is 9.03. The lowest BCUT2D eigenvalue weighted by Crippen LogP contribution is -2.58. The Bertz CT molecular complexity index is 716. The van der Waals surface area contributed by atoms with Crippen LogP contribution in [-0.4, -0.2) is 33.5 Å². The molecule has 0 radical (unpaired) electrons. The van der Waals surface area contributed by atoms with Crippen LogP contribution in [0, 0.1) is 46.3 Å². The molecule has 0 aromatic rings. The average Bonchev–Trinajstić information content (AvgIpc) is 3.06. The van der Waals surface area contributed by atoms with Crippen molar-refractivity contribution in [2.75, 3.05) is 0 Å². The van der Waals surface area contributed by atoms with E-state index >= 15 is 0 Å². The van der Waals surface area contributed by atoms with Crippen LogP contribution in [0.2, 0.25) is 0 Å². The largest absolute Gasteiger partial charge is 0.478 e. The number of allylic oxidation sites excluding steroid dienone is 1. The summed E-state index contributed by atoms with van der Waals surface area (Å²) < 4.78 is 0. The molecule has 0 heterocycles. The maximum Gasteiger partial charge on any atom is 0.330 e. The van der Waals surface area contributed by atoms with Gasteiger partial charge in [0.25, 0.3) is 0 Å². The van der Waals surface area contributed by atoms with Crippen LogP contribution in [0.25, 0.3) is 0 Å². The standard InChI is InChI=1S/C27H44O4/c1-16(6-5-7-17(2)25(30)31)20-8-9-21-24-22(11-13-27(20,21)4)26(3)12-10-19(28)14-18(26)15-23(24)29/h7,16,18-24,28-29H,5-6,8-15H2,1-4H3,(H,30,31)/b17-7+/t16-,18+,19-,20-,21+,22+,23+,24+,26+,27-/m1/s1. The van der Waals surface area contributed by atoms with E-state index in [0.29, 0.717) is 46.5 Å². The highest BCUT2D eigenvalue weighted by atomic mass is 16.4. The summed E-state index contributed by atoms with van der Waals surface area (Å²) in [5.41, 5.74) is 1.03. The first-order valence-electron chi connectivity index (χ1n) is 12.8. The summed E-state index contributed by atoms with van der Waals surface area (Å²) in [6, 6.07) is 0. The smallest absolute Gasteiger partial charge is 0.330 e. The molecule has 0 saturated heterocycles. The van der Waals surface area contributed by atoms with Gasteiger partial charge in [-0.1, -0.05) is 26.8 Å². The van der Waals surface area contributed by atoms with Gasteiger partial charge in [0, 0.05) is 5.57 Å². The highest BCUT2D eigenvalue weighted by Gasteiger charge is 2.62. The Labute approximate surface area is 188 Å². The third-order valence-electron chi connectivity index (χ3n) is 10.8. The van der Waals surface area contributed by atoms with Gasteiger partial charge in [-0.2, -0.15) is 0 Å². The van der Waals surface area contributed by atoms with Crippen LogP contribution in [0.15, 0.2) is 11.6 Å². The molecule has 3 N–H and O–H groups in total. The van der Waals surface area contributed by atoms with E-state index < -0.39 is 5.97 Å². The van der Waals surface area contributed by atoms with Gasteiger partial charge in [0.1, 0.15) is 0 Å². The van der Waals surface area contributed by atoms with E-state index in [9.17, 15) is 15.0 Å². The van der Waals surface area contributed by atoms with Crippen molar-refractivity contribution in [2.24, 2.45) is 46.3 Å². The Balaban J connectivity index is 1.49. The number of aliphatic hydroxyl groups excluding tert-OH is 2. The van der Waals surface area contributed by atoms with Crippen molar-refractivity contribution in [3.05, 3.63) is 11.6 Å². The van der Waals surface area contributed by atoms with E-state index in [1.165, 1.54) is 25.7 Å². The SMILES string of the molecule is C/C(=C\CC[C@@H](C)[C@H]1CC[C@H]2[C@@H]3[C@@H](O)C[C@@H]4C[C@H](O)CC[C@]4(C)[C@H]3CC[C@]12C)C(=O)O. The predicted octanol–water partition coefficient (Wildman–Crippen LogP) is 5.42. The van der Waals surface area contributed by atoms with Crippen LogP contribution in [-0.2, 0) is 4.79 Å². The van der Waals surface area contributed by atoms with Gasteiger partial charge in [-0.3, -0.25) is 0 Å². The molecule has 0 unspecified atom stereocenters. The minimum atomic E-state index is -0.813. The van der Waals surface area contributed by atoms with E-state index in [4.69, 9.17) is 5.11 Å². The number of fused-ring (bicyclic) bond motifs is 5. The third kappa shape index (κ3) is 3.90. The molecule has 0 bridgehead atoms. The molecule has 4 aliphatic rings. The molecule has 4 fully saturated rings. The molecule has 10 atom stereocenters. The van der Waals surface area contributed by atoms with Crippen molar-refractivity contribution in [3.8, 4) is 0 Å². The molecule has 4 heteroatoms. The Kier molecular flexibility index (Phi) is 6.37. The van der Waals surface area contributed by atoms with Crippen LogP contribution in [0.1, 0.15) is 91.9 Å². The van der Waals surface area contributed by atoms with Gasteiger partial charge in [-0.25, -0.2) is 4.79 Å². The summed E-state index contributed by atoms with van der Waals surface area (Å²) in [5.74, 6) is 2.53. The molecular weight excluding hydrogens is 388 g/mol. The number of hydrogen-bond donors (Lipinski definition) is 3. The topological polar surface area (TPSA) is 77.8 Å². The molecule has 4 rings (SSSR count). The molecule has 4 saturated carbocycles. The summed E-state index contributed by atoms with van der Waals surface area (Å²) >= 11 is 0. The Morgan fingerprint density at radius 3 is 2.42 bits per heavy atom. The second-order valence-corrected chi connectivity index (χ2v) is 12.2. The average molecular weight is 433 g/mol. The van der Waals surface area contributed by atoms with Crippen molar-refractivity contribution in [1.29, 1.82) is 0 Å². The third-order valence-corrected chi connectivity index (χ3v) is 10.8. The highest BCUT2D eigenvalue weighted by Crippen LogP contribution is 2.68. The number of aliphatic hydroxyl groups is 2. The molecule has 31 heavy (non-hydrogen) atoms. The number of carboxylic acid groups (broad SMARTS) is 1. The molecule has 0 spiro atoms. The van der Waals surface area contributed by atoms with Crippen molar-refractivity contribution in [1.82, 2.24) is 0 Å². The number of carbonyl (C=O) groups is 1. The molecular formula is C27H44O4. The van der Waals surface area contributed by atoms with Gasteiger partial charge >= 0.3 is 5.97 Å². The maximum atomic E-state index is 11.3. The van der Waals surface area contributed by atoms with Crippen LogP contribution in [0.5, 0.6) is 0 Å². The molecule has 176 valence electrons. The fraction of sp³-hybridized carbons (Fsp3) is 0.889. The molecule has 0 aliphatic heterocycles. The normalized spacial score (nSPS) is 48.5. The number of aliphatic carboxylic acids is 1. The quantitative estimate of drug-likeness (QED) is 0.507. The highest BCUT2D eigenvalue weighted by molar-refractivity contribution is 5.85. The van der Waals surface area contributed by atoms with Crippen LogP contribution in [0.4, 0.5) is 0 Å². The van der Waals surface area contributed by atoms with Gasteiger partial charge in [-0.05, 0) is 117 Å². The van der Waals surface area contributed by atoms with Crippen LogP contribution >= 0.6 is 0 Å². The van der Waals surface area contributed by atoms with Crippen molar-refractivity contribution in [2.45, 2.75) is 104 Å². The van der Waals surface area contributed by atoms with Crippen LogP contribution in [0.3, 0.4) is 0 Å². The molecule has 4 nitrogen and oxygen atoms in total. The molecule has 0 amide bonds. The lowest BCUT2D eigenvalue weighted by molar-refractivity contribution is -0.174. The van der Waals surface area contributed by atoms with Gasteiger partial charge in [0.05, 0.1) is 12.2 Å². The predicted molar refractivity (Wildman–Crippen MR) is 122 cm³/mol. The lowest BCUT2D eigenvalue weighted by Gasteiger charge is -2.62. The molecule has 0 aromatic heterocycles. The van der Waals surface area contributed by atoms with Gasteiger partial charge in [0.15, 0.2) is 0 Å². The van der Waals surface area contributed by atoms with Gasteiger partial charge < -0.3 is 15.3 Å². The van der Waals surface area contributed by atoms with E-state index in [2.05, 4.69) is 20.8 Å². The zero-order valence-corrected chi connectivity index (χ0v) is 20.0. The second-order valence-electron chi connectivity index (χ2n) is 12.2. The Morgan fingerprint density at radius 1 is 1.03 bits per heavy atom. The first-order valence-corrected chi connectivity index (χ1v) is 12.8. The first kappa shape index (κ1) is 23.3. The number of carboxylic acids is 1. The van der Waals surface area contributed by atoms with Gasteiger partial charge in [-0.15, -0.1) is 0 Å². The zero-order valence-electron chi connectivity index (χ0n) is 20.0. The number of hydrogen-bond acceptors (Lipinski definition) is 3. The van der Waals surface area contributed by atoms with Gasteiger partial charge in [0.2, 0.25) is 0 Å². The Hall–Kier alpha value is -0.870. The lowest BCUT2D eigenvalue weighted by atomic mass is 9.43. The minimum absolute atomic E-state index is 0.175. The fourth-order valence-electron chi connectivity index (χ4n) is 9.03. The number of rotatable bonds is 5. The summed E-state index contributed by atoms with van der Waals surface area (Å²) in [5, 5.41) is 30.7. The molecule has 4 aliphatic carbocycles. The molecule has 0 aromatic carbocycles. The van der Waals surface area contributed by atoms with Crippen LogP contribution < -0.4 is 0 Å². The maximum absolute atomic E-state index is 11.3. The monoisotopic (exact) mass is 432 g/mol. The summed E-state index contributed by atoms with van der Waals surface area (Å²) in [6.45, 7) is 9.03. The van der Waals surface area contributed by atoms with Crippen molar-refractivity contribution >= 4 is 5.97 Å². The zero-order chi connectivity index (χ0) is 22.6. The van der Waals surface area contributed by atoms with E-state index in [0.717, 1.165) is 38.5 Å². The summed E-state index contributed by atoms with van der Waals surface area (Å²) in [4.78, 5) is 11.1. The van der Waals surface area contributed by atoms with Crippen molar-refractivity contribution in [3.63, 3.8) is 0 Å². The second kappa shape index (κ2) is 8.48. The minimum Gasteiger partial charge on any atom is -0.478 e. The van der Waals surface area contributed by atoms with E-state index in [1.54, 1.807) is 6.92 Å². The summed E-state index contributed by atoms with van der Waals surface area (Å²) in [7, 11) is 0.